The number of aliphatic hydroxyl groups excluding tert-OH is 1. The van der Waals surface area contributed by atoms with Crippen LogP contribution in [0.5, 0.6) is 0 Å². The van der Waals surface area contributed by atoms with E-state index in [0.717, 1.165) is 16.7 Å². The Kier molecular flexibility index (Phi) is 7.46. The SMILES string of the molecule is C[C@H](O)[C@@H](NS(=O)(=O)c1ccc(Cl)cc1)C(=O)OCc1ccc(-c2ccccc2)cc1. The van der Waals surface area contributed by atoms with Gasteiger partial charge in [-0.3, -0.25) is 4.79 Å². The number of benzene rings is 3. The fourth-order valence-corrected chi connectivity index (χ4v) is 4.24. The average molecular weight is 460 g/mol. The highest BCUT2D eigenvalue weighted by Gasteiger charge is 2.31. The lowest BCUT2D eigenvalue weighted by atomic mass is 10.0. The van der Waals surface area contributed by atoms with E-state index < -0.39 is 28.1 Å². The minimum absolute atomic E-state index is 0.0558. The van der Waals surface area contributed by atoms with Gasteiger partial charge in [0.05, 0.1) is 11.0 Å². The summed E-state index contributed by atoms with van der Waals surface area (Å²) in [6.45, 7) is 1.25. The molecule has 0 fully saturated rings. The molecule has 31 heavy (non-hydrogen) atoms. The summed E-state index contributed by atoms with van der Waals surface area (Å²) in [6, 6.07) is 21.3. The second kappa shape index (κ2) is 10.1. The van der Waals surface area contributed by atoms with Crippen LogP contribution in [0.25, 0.3) is 11.1 Å². The number of aliphatic hydroxyl groups is 1. The van der Waals surface area contributed by atoms with Crippen molar-refractivity contribution in [3.05, 3.63) is 89.4 Å². The van der Waals surface area contributed by atoms with E-state index >= 15 is 0 Å². The molecule has 0 heterocycles. The maximum atomic E-state index is 12.5. The van der Waals surface area contributed by atoms with Crippen LogP contribution in [0.3, 0.4) is 0 Å². The van der Waals surface area contributed by atoms with Crippen molar-refractivity contribution in [3.63, 3.8) is 0 Å². The zero-order valence-corrected chi connectivity index (χ0v) is 18.3. The third-order valence-corrected chi connectivity index (χ3v) is 6.29. The second-order valence-corrected chi connectivity index (χ2v) is 9.11. The number of carbonyl (C=O) groups excluding carboxylic acids is 1. The zero-order valence-electron chi connectivity index (χ0n) is 16.7. The Hall–Kier alpha value is -2.71. The van der Waals surface area contributed by atoms with E-state index in [1.807, 2.05) is 54.6 Å². The third kappa shape index (κ3) is 6.15. The Morgan fingerprint density at radius 1 is 0.968 bits per heavy atom. The lowest BCUT2D eigenvalue weighted by Crippen LogP contribution is -2.48. The largest absolute Gasteiger partial charge is 0.460 e. The molecule has 0 aliphatic rings. The molecule has 0 bridgehead atoms. The van der Waals surface area contributed by atoms with Gasteiger partial charge in [-0.25, -0.2) is 8.42 Å². The predicted molar refractivity (Wildman–Crippen MR) is 119 cm³/mol. The first kappa shape index (κ1) is 23.0. The van der Waals surface area contributed by atoms with E-state index in [4.69, 9.17) is 16.3 Å². The molecule has 0 aromatic heterocycles. The van der Waals surface area contributed by atoms with Crippen LogP contribution in [0.1, 0.15) is 12.5 Å². The highest BCUT2D eigenvalue weighted by atomic mass is 35.5. The molecule has 0 saturated heterocycles. The summed E-state index contributed by atoms with van der Waals surface area (Å²) in [6.07, 6.45) is -1.30. The summed E-state index contributed by atoms with van der Waals surface area (Å²) in [4.78, 5) is 12.4. The van der Waals surface area contributed by atoms with E-state index in [0.29, 0.717) is 5.02 Å². The van der Waals surface area contributed by atoms with Gasteiger partial charge in [-0.2, -0.15) is 4.72 Å². The summed E-state index contributed by atoms with van der Waals surface area (Å²) < 4.78 is 32.5. The van der Waals surface area contributed by atoms with E-state index in [1.54, 1.807) is 0 Å². The Labute approximate surface area is 186 Å². The van der Waals surface area contributed by atoms with Crippen molar-refractivity contribution < 1.29 is 23.1 Å². The topological polar surface area (TPSA) is 92.7 Å². The van der Waals surface area contributed by atoms with Crippen LogP contribution < -0.4 is 4.72 Å². The Bertz CT molecular complexity index is 1110. The monoisotopic (exact) mass is 459 g/mol. The summed E-state index contributed by atoms with van der Waals surface area (Å²) in [5.74, 6) is -0.875. The predicted octanol–water partition coefficient (Wildman–Crippen LogP) is 3.78. The molecule has 0 spiro atoms. The lowest BCUT2D eigenvalue weighted by molar-refractivity contribution is -0.149. The number of hydrogen-bond donors (Lipinski definition) is 2. The van der Waals surface area contributed by atoms with Gasteiger partial charge in [0.25, 0.3) is 0 Å². The first-order valence-electron chi connectivity index (χ1n) is 9.53. The maximum absolute atomic E-state index is 12.5. The number of sulfonamides is 1. The van der Waals surface area contributed by atoms with Crippen LogP contribution in [0, 0.1) is 0 Å². The van der Waals surface area contributed by atoms with Crippen LogP contribution in [-0.4, -0.2) is 31.6 Å². The summed E-state index contributed by atoms with van der Waals surface area (Å²) in [5, 5.41) is 10.3. The van der Waals surface area contributed by atoms with Crippen molar-refractivity contribution >= 4 is 27.6 Å². The molecule has 0 radical (unpaired) electrons. The van der Waals surface area contributed by atoms with Gasteiger partial charge in [-0.15, -0.1) is 0 Å². The van der Waals surface area contributed by atoms with E-state index in [9.17, 15) is 18.3 Å². The number of rotatable bonds is 8. The van der Waals surface area contributed by atoms with E-state index in [1.165, 1.54) is 31.2 Å². The van der Waals surface area contributed by atoms with Crippen molar-refractivity contribution in [1.29, 1.82) is 0 Å². The molecule has 0 saturated carbocycles. The van der Waals surface area contributed by atoms with Crippen LogP contribution >= 0.6 is 11.6 Å². The number of carbonyl (C=O) groups is 1. The summed E-state index contributed by atoms with van der Waals surface area (Å²) >= 11 is 5.78. The zero-order chi connectivity index (χ0) is 22.4. The van der Waals surface area contributed by atoms with Crippen molar-refractivity contribution in [1.82, 2.24) is 4.72 Å². The third-order valence-electron chi connectivity index (χ3n) is 4.58. The van der Waals surface area contributed by atoms with Crippen LogP contribution in [0.15, 0.2) is 83.8 Å². The fraction of sp³-hybridized carbons (Fsp3) is 0.174. The quantitative estimate of drug-likeness (QED) is 0.500. The average Bonchev–Trinajstić information content (AvgIpc) is 2.77. The van der Waals surface area contributed by atoms with Gasteiger partial charge in [-0.05, 0) is 47.9 Å². The van der Waals surface area contributed by atoms with Crippen molar-refractivity contribution in [2.45, 2.75) is 30.6 Å². The maximum Gasteiger partial charge on any atom is 0.327 e. The highest BCUT2D eigenvalue weighted by Crippen LogP contribution is 2.20. The number of ether oxygens (including phenoxy) is 1. The van der Waals surface area contributed by atoms with Crippen LogP contribution in [0.4, 0.5) is 0 Å². The molecular formula is C23H22ClNO5S. The van der Waals surface area contributed by atoms with Gasteiger partial charge in [0.15, 0.2) is 0 Å². The Morgan fingerprint density at radius 2 is 1.55 bits per heavy atom. The molecule has 0 aliphatic carbocycles. The highest BCUT2D eigenvalue weighted by molar-refractivity contribution is 7.89. The van der Waals surface area contributed by atoms with Gasteiger partial charge >= 0.3 is 5.97 Å². The normalized spacial score (nSPS) is 13.4. The van der Waals surface area contributed by atoms with Crippen molar-refractivity contribution in [3.8, 4) is 11.1 Å². The molecular weight excluding hydrogens is 438 g/mol. The molecule has 0 unspecified atom stereocenters. The first-order chi connectivity index (χ1) is 14.8. The molecule has 3 aromatic rings. The minimum Gasteiger partial charge on any atom is -0.460 e. The van der Waals surface area contributed by atoms with Crippen LogP contribution in [0.2, 0.25) is 5.02 Å². The van der Waals surface area contributed by atoms with Gasteiger partial charge in [-0.1, -0.05) is 66.2 Å². The molecule has 0 aliphatic heterocycles. The first-order valence-corrected chi connectivity index (χ1v) is 11.4. The second-order valence-electron chi connectivity index (χ2n) is 6.96. The standard InChI is InChI=1S/C23H22ClNO5S/c1-16(26)22(25-31(28,29)21-13-11-20(24)12-14-21)23(27)30-15-17-7-9-19(10-8-17)18-5-3-2-4-6-18/h2-14,16,22,25-26H,15H2,1H3/t16-,22+/m0/s1. The summed E-state index contributed by atoms with van der Waals surface area (Å²) in [7, 11) is -4.05. The number of hydrogen-bond acceptors (Lipinski definition) is 5. The molecule has 3 aromatic carbocycles. The molecule has 0 amide bonds. The van der Waals surface area contributed by atoms with Gasteiger partial charge in [0.2, 0.25) is 10.0 Å². The Balaban J connectivity index is 1.65. The molecule has 2 atom stereocenters. The lowest BCUT2D eigenvalue weighted by Gasteiger charge is -2.20. The molecule has 6 nitrogen and oxygen atoms in total. The van der Waals surface area contributed by atoms with Gasteiger partial charge < -0.3 is 9.84 Å². The fourth-order valence-electron chi connectivity index (χ4n) is 2.86. The van der Waals surface area contributed by atoms with Gasteiger partial charge in [0.1, 0.15) is 12.6 Å². The number of nitrogens with one attached hydrogen (secondary N) is 1. The van der Waals surface area contributed by atoms with Gasteiger partial charge in [0, 0.05) is 5.02 Å². The molecule has 3 rings (SSSR count). The van der Waals surface area contributed by atoms with E-state index in [2.05, 4.69) is 4.72 Å². The number of esters is 1. The minimum atomic E-state index is -4.05. The summed E-state index contributed by atoms with van der Waals surface area (Å²) in [5.41, 5.74) is 2.82. The van der Waals surface area contributed by atoms with Crippen molar-refractivity contribution in [2.24, 2.45) is 0 Å². The smallest absolute Gasteiger partial charge is 0.327 e. The molecule has 2 N–H and O–H groups in total. The van der Waals surface area contributed by atoms with Crippen molar-refractivity contribution in [2.75, 3.05) is 0 Å². The van der Waals surface area contributed by atoms with Crippen LogP contribution in [-0.2, 0) is 26.2 Å². The molecule has 8 heteroatoms. The van der Waals surface area contributed by atoms with E-state index in [-0.39, 0.29) is 11.5 Å². The number of halogens is 1. The Morgan fingerprint density at radius 3 is 2.13 bits per heavy atom. The molecule has 162 valence electrons.